The van der Waals surface area contributed by atoms with Gasteiger partial charge in [0.15, 0.2) is 11.3 Å². The number of hydrogen-bond donors (Lipinski definition) is 3. The number of carbonyl (C=O) groups excluding carboxylic acids is 4. The van der Waals surface area contributed by atoms with Crippen molar-refractivity contribution in [2.24, 2.45) is 5.92 Å². The average molecular weight is 884 g/mol. The zero-order chi connectivity index (χ0) is 44.0. The van der Waals surface area contributed by atoms with E-state index in [1.165, 1.54) is 23.1 Å². The third-order valence-corrected chi connectivity index (χ3v) is 15.0. The van der Waals surface area contributed by atoms with Gasteiger partial charge in [0.1, 0.15) is 46.7 Å². The van der Waals surface area contributed by atoms with Crippen LogP contribution in [0.2, 0.25) is 0 Å². The molecule has 2 aromatic heterocycles. The molecule has 2 aliphatic heterocycles. The number of benzene rings is 2. The van der Waals surface area contributed by atoms with E-state index < -0.39 is 74.5 Å². The molecule has 4 amide bonds. The molecule has 4 heterocycles. The topological polar surface area (TPSA) is 186 Å². The molecule has 5 aliphatic rings. The summed E-state index contributed by atoms with van der Waals surface area (Å²) in [6.07, 6.45) is 9.64. The number of ether oxygens (including phenoxy) is 2. The summed E-state index contributed by atoms with van der Waals surface area (Å²) >= 11 is 0. The fourth-order valence-electron chi connectivity index (χ4n) is 9.31. The van der Waals surface area contributed by atoms with Crippen LogP contribution in [-0.4, -0.2) is 83.7 Å². The fourth-order valence-corrected chi connectivity index (χ4v) is 10.7. The quantitative estimate of drug-likeness (QED) is 0.144. The van der Waals surface area contributed by atoms with Crippen molar-refractivity contribution in [1.29, 1.82) is 0 Å². The molecule has 0 spiro atoms. The first-order chi connectivity index (χ1) is 30.3. The van der Waals surface area contributed by atoms with Crippen molar-refractivity contribution in [3.05, 3.63) is 72.1 Å². The third kappa shape index (κ3) is 9.00. The molecule has 16 heteroatoms. The molecular weight excluding hydrogens is 830 g/mol. The molecule has 0 bridgehead atoms. The van der Waals surface area contributed by atoms with Crippen molar-refractivity contribution < 1.29 is 45.9 Å². The number of hydrogen-bond acceptors (Lipinski definition) is 10. The van der Waals surface area contributed by atoms with Gasteiger partial charge >= 0.3 is 6.09 Å². The zero-order valence-electron chi connectivity index (χ0n) is 35.6. The van der Waals surface area contributed by atoms with E-state index >= 15 is 0 Å². The van der Waals surface area contributed by atoms with Crippen LogP contribution in [0.25, 0.3) is 33.3 Å². The summed E-state index contributed by atoms with van der Waals surface area (Å²) in [6.45, 7) is 4.13. The summed E-state index contributed by atoms with van der Waals surface area (Å²) in [4.78, 5) is 63.0. The maximum atomic E-state index is 14.8. The van der Waals surface area contributed by atoms with Crippen LogP contribution in [0, 0.1) is 11.7 Å². The molecule has 1 saturated heterocycles. The molecule has 3 N–H and O–H groups in total. The molecule has 3 saturated carbocycles. The number of amides is 4. The van der Waals surface area contributed by atoms with Gasteiger partial charge in [0.05, 0.1) is 17.5 Å². The summed E-state index contributed by atoms with van der Waals surface area (Å²) in [5, 5.41) is 5.52. The molecule has 0 unspecified atom stereocenters. The van der Waals surface area contributed by atoms with E-state index in [0.717, 1.165) is 49.7 Å². The Balaban J connectivity index is 1.06. The van der Waals surface area contributed by atoms with Crippen molar-refractivity contribution in [2.75, 3.05) is 6.54 Å². The average Bonchev–Trinajstić information content (AvgIpc) is 4.07. The minimum Gasteiger partial charge on any atom is -0.484 e. The first-order valence-electron chi connectivity index (χ1n) is 22.4. The molecule has 63 heavy (non-hydrogen) atoms. The lowest BCUT2D eigenvalue weighted by molar-refractivity contribution is -0.141. The number of nitrogens with one attached hydrogen (secondary N) is 3. The largest absolute Gasteiger partial charge is 0.484 e. The summed E-state index contributed by atoms with van der Waals surface area (Å²) < 4.78 is 61.6. The summed E-state index contributed by atoms with van der Waals surface area (Å²) in [5.74, 6) is -2.33. The van der Waals surface area contributed by atoms with Gasteiger partial charge in [0.25, 0.3) is 5.91 Å². The van der Waals surface area contributed by atoms with Crippen molar-refractivity contribution in [3.63, 3.8) is 0 Å². The molecule has 9 rings (SSSR count). The molecular formula is C47H54FN5O9S. The summed E-state index contributed by atoms with van der Waals surface area (Å²) in [7, 11) is -3.93. The Kier molecular flexibility index (Phi) is 11.7. The number of allylic oxidation sites excluding steroid dienone is 1. The molecule has 5 atom stereocenters. The molecule has 0 radical (unpaired) electrons. The lowest BCUT2D eigenvalue weighted by Crippen LogP contribution is -2.58. The van der Waals surface area contributed by atoms with E-state index in [1.807, 2.05) is 36.4 Å². The smallest absolute Gasteiger partial charge is 0.408 e. The van der Waals surface area contributed by atoms with Crippen LogP contribution in [0.4, 0.5) is 9.18 Å². The Bertz CT molecular complexity index is 2570. The van der Waals surface area contributed by atoms with Crippen LogP contribution in [0.3, 0.4) is 0 Å². The van der Waals surface area contributed by atoms with E-state index in [-0.39, 0.29) is 36.8 Å². The molecule has 14 nitrogen and oxygen atoms in total. The second kappa shape index (κ2) is 17.2. The molecule has 3 aliphatic carbocycles. The lowest BCUT2D eigenvalue weighted by Gasteiger charge is -2.30. The standard InChI is InChI=1S/C47H54FN5O9S/c1-27(2)28-14-16-29(17-15-28)37-24-40(42-41(49-37)35-22-31(48)18-21-39(35)62-42)60-33-23-38-43(54)51-47(45(56)52-63(58,59)34-19-20-34)25-30(47)10-6-4-3-5-7-13-36(44(55)53(38)26-33)50-46(57)61-32-11-8-9-12-32/h6,10,14-18,21-22,24,27,30,32-34,36,38H,3-5,7-9,11-13,19-20,23,25-26H2,1-2H3,(H,50,57)(H,51,54)(H,52,56)/b10-6-/t30-,33+,36-,38-,47+/m0/s1. The first kappa shape index (κ1) is 42.8. The van der Waals surface area contributed by atoms with E-state index in [9.17, 15) is 32.0 Å². The van der Waals surface area contributed by atoms with Gasteiger partial charge in [-0.15, -0.1) is 0 Å². The van der Waals surface area contributed by atoms with Gasteiger partial charge in [-0.25, -0.2) is 22.6 Å². The van der Waals surface area contributed by atoms with Crippen LogP contribution < -0.4 is 20.1 Å². The number of fused-ring (bicyclic) bond motifs is 5. The van der Waals surface area contributed by atoms with E-state index in [2.05, 4.69) is 29.2 Å². The highest BCUT2D eigenvalue weighted by molar-refractivity contribution is 7.91. The van der Waals surface area contributed by atoms with Gasteiger partial charge in [-0.2, -0.15) is 0 Å². The maximum Gasteiger partial charge on any atom is 0.408 e. The number of carbonyl (C=O) groups is 4. The number of pyridine rings is 1. The van der Waals surface area contributed by atoms with Gasteiger partial charge in [-0.3, -0.25) is 19.1 Å². The number of rotatable bonds is 9. The fraction of sp³-hybridized carbons (Fsp3) is 0.511. The van der Waals surface area contributed by atoms with Gasteiger partial charge in [-0.05, 0) is 93.9 Å². The lowest BCUT2D eigenvalue weighted by atomic mass is 10.0. The van der Waals surface area contributed by atoms with Crippen molar-refractivity contribution in [3.8, 4) is 17.0 Å². The Hall–Kier alpha value is -5.51. The highest BCUT2D eigenvalue weighted by Crippen LogP contribution is 2.46. The predicted molar refractivity (Wildman–Crippen MR) is 232 cm³/mol. The Labute approximate surface area is 365 Å². The highest BCUT2D eigenvalue weighted by atomic mass is 32.2. The number of aromatic nitrogens is 1. The number of nitrogens with zero attached hydrogens (tertiary/aromatic N) is 2. The minimum absolute atomic E-state index is 0.0213. The van der Waals surface area contributed by atoms with E-state index in [1.54, 1.807) is 6.07 Å². The minimum atomic E-state index is -3.93. The molecule has 4 fully saturated rings. The van der Waals surface area contributed by atoms with Gasteiger partial charge < -0.3 is 29.4 Å². The van der Waals surface area contributed by atoms with Crippen LogP contribution >= 0.6 is 0 Å². The monoisotopic (exact) mass is 883 g/mol. The van der Waals surface area contributed by atoms with Crippen LogP contribution in [0.5, 0.6) is 5.75 Å². The normalized spacial score (nSPS) is 26.4. The maximum absolute atomic E-state index is 14.8. The number of halogens is 1. The van der Waals surface area contributed by atoms with Gasteiger partial charge in [0, 0.05) is 29.4 Å². The van der Waals surface area contributed by atoms with Crippen molar-refractivity contribution in [2.45, 2.75) is 138 Å². The Morgan fingerprint density at radius 1 is 0.968 bits per heavy atom. The second-order valence-corrected chi connectivity index (χ2v) is 20.2. The SMILES string of the molecule is CC(C)c1ccc(-c2cc(O[C@@H]3C[C@H]4C(=O)N[C@]5(C(=O)NS(=O)(=O)C6CC6)C[C@@H]5/C=C\CCCCC[C@H](NC(=O)OC5CCCC5)C(=O)N4C3)c3oc4ccc(F)cc4c3n2)cc1. The van der Waals surface area contributed by atoms with Crippen LogP contribution in [-0.2, 0) is 29.1 Å². The highest BCUT2D eigenvalue weighted by Gasteiger charge is 2.62. The van der Waals surface area contributed by atoms with Crippen molar-refractivity contribution >= 4 is 55.9 Å². The van der Waals surface area contributed by atoms with E-state index in [0.29, 0.717) is 60.2 Å². The summed E-state index contributed by atoms with van der Waals surface area (Å²) in [6, 6.07) is 11.7. The number of sulfonamides is 1. The third-order valence-electron chi connectivity index (χ3n) is 13.2. The number of furan rings is 1. The summed E-state index contributed by atoms with van der Waals surface area (Å²) in [5.41, 5.74) is 1.93. The number of alkyl carbamates (subject to hydrolysis) is 1. The Morgan fingerprint density at radius 2 is 1.73 bits per heavy atom. The van der Waals surface area contributed by atoms with Crippen molar-refractivity contribution in [1.82, 2.24) is 25.2 Å². The van der Waals surface area contributed by atoms with Crippen LogP contribution in [0.15, 0.2) is 65.1 Å². The zero-order valence-corrected chi connectivity index (χ0v) is 36.4. The van der Waals surface area contributed by atoms with Gasteiger partial charge in [0.2, 0.25) is 21.8 Å². The molecule has 334 valence electrons. The second-order valence-electron chi connectivity index (χ2n) is 18.2. The predicted octanol–water partition coefficient (Wildman–Crippen LogP) is 7.30. The Morgan fingerprint density at radius 3 is 2.48 bits per heavy atom. The first-order valence-corrected chi connectivity index (χ1v) is 23.9. The van der Waals surface area contributed by atoms with E-state index in [4.69, 9.17) is 18.9 Å². The molecule has 2 aromatic carbocycles. The van der Waals surface area contributed by atoms with Gasteiger partial charge in [-0.1, -0.05) is 63.1 Å². The van der Waals surface area contributed by atoms with Crippen LogP contribution in [0.1, 0.15) is 109 Å². The molecule has 4 aromatic rings.